The summed E-state index contributed by atoms with van der Waals surface area (Å²) in [4.78, 5) is 38.1. The van der Waals surface area contributed by atoms with Crippen LogP contribution in [-0.2, 0) is 17.5 Å². The molecular weight excluding hydrogens is 453 g/mol. The molecule has 1 saturated heterocycles. The van der Waals surface area contributed by atoms with Crippen molar-refractivity contribution in [3.63, 3.8) is 0 Å². The standard InChI is InChI=1S/C19H15F3N4O3S2/c20-19(21,22)18-24-15-11(2-1-6-23-15)16(25-18)30-9-13(28)14-4-3-10(31-14)8-26-7-5-12(27)17(26)29/h1-4,6,12,27H,5,7-9H2/t12-/m1/s1. The summed E-state index contributed by atoms with van der Waals surface area (Å²) in [5.74, 6) is -2.01. The van der Waals surface area contributed by atoms with E-state index in [4.69, 9.17) is 0 Å². The molecule has 31 heavy (non-hydrogen) atoms. The van der Waals surface area contributed by atoms with Gasteiger partial charge in [-0.3, -0.25) is 9.59 Å². The van der Waals surface area contributed by atoms with E-state index in [2.05, 4.69) is 15.0 Å². The van der Waals surface area contributed by atoms with Crippen molar-refractivity contribution in [2.75, 3.05) is 12.3 Å². The summed E-state index contributed by atoms with van der Waals surface area (Å²) in [6, 6.07) is 6.47. The highest BCUT2D eigenvalue weighted by atomic mass is 32.2. The average molecular weight is 468 g/mol. The highest BCUT2D eigenvalue weighted by Crippen LogP contribution is 2.32. The Balaban J connectivity index is 1.47. The highest BCUT2D eigenvalue weighted by Gasteiger charge is 2.36. The number of aromatic nitrogens is 3. The van der Waals surface area contributed by atoms with Crippen LogP contribution in [0.15, 0.2) is 35.5 Å². The molecule has 162 valence electrons. The van der Waals surface area contributed by atoms with Crippen LogP contribution in [0.4, 0.5) is 13.2 Å². The summed E-state index contributed by atoms with van der Waals surface area (Å²) >= 11 is 2.11. The second-order valence-electron chi connectivity index (χ2n) is 6.77. The number of halogens is 3. The van der Waals surface area contributed by atoms with Crippen LogP contribution in [-0.4, -0.2) is 55.1 Å². The molecule has 1 aliphatic rings. The van der Waals surface area contributed by atoms with E-state index in [1.54, 1.807) is 24.3 Å². The molecule has 3 aromatic rings. The number of likely N-dealkylation sites (tertiary alicyclic amines) is 1. The number of rotatable bonds is 6. The predicted octanol–water partition coefficient (Wildman–Crippen LogP) is 3.17. The largest absolute Gasteiger partial charge is 0.451 e. The number of Topliss-reactive ketones (excluding diaryl/α,β-unsaturated/α-hetero) is 1. The van der Waals surface area contributed by atoms with Gasteiger partial charge in [0.05, 0.1) is 22.6 Å². The predicted molar refractivity (Wildman–Crippen MR) is 108 cm³/mol. The molecule has 1 fully saturated rings. The van der Waals surface area contributed by atoms with Gasteiger partial charge in [0.15, 0.2) is 11.4 Å². The maximum Gasteiger partial charge on any atom is 0.451 e. The van der Waals surface area contributed by atoms with Crippen molar-refractivity contribution in [2.45, 2.75) is 30.3 Å². The Hall–Kier alpha value is -2.57. The number of ketones is 1. The first kappa shape index (κ1) is 21.7. The minimum atomic E-state index is -4.73. The lowest BCUT2D eigenvalue weighted by Crippen LogP contribution is -2.28. The third-order valence-corrected chi connectivity index (χ3v) is 6.68. The number of fused-ring (bicyclic) bond motifs is 1. The maximum atomic E-state index is 13.1. The van der Waals surface area contributed by atoms with Crippen LogP contribution >= 0.6 is 23.1 Å². The van der Waals surface area contributed by atoms with Crippen molar-refractivity contribution in [1.29, 1.82) is 0 Å². The van der Waals surface area contributed by atoms with Gasteiger partial charge in [-0.05, 0) is 30.7 Å². The van der Waals surface area contributed by atoms with E-state index >= 15 is 0 Å². The Kier molecular flexibility index (Phi) is 5.95. The topological polar surface area (TPSA) is 96.3 Å². The molecule has 0 saturated carbocycles. The molecule has 4 rings (SSSR count). The van der Waals surface area contributed by atoms with Crippen molar-refractivity contribution >= 4 is 45.8 Å². The van der Waals surface area contributed by atoms with Gasteiger partial charge in [-0.2, -0.15) is 13.2 Å². The van der Waals surface area contributed by atoms with Gasteiger partial charge in [0, 0.05) is 17.6 Å². The molecule has 0 bridgehead atoms. The van der Waals surface area contributed by atoms with E-state index in [9.17, 15) is 27.9 Å². The molecule has 1 N–H and O–H groups in total. The number of amides is 1. The summed E-state index contributed by atoms with van der Waals surface area (Å²) in [5, 5.41) is 9.91. The zero-order chi connectivity index (χ0) is 22.2. The third kappa shape index (κ3) is 4.70. The number of thiophene rings is 1. The number of carbonyl (C=O) groups excluding carboxylic acids is 2. The summed E-state index contributed by atoms with van der Waals surface area (Å²) in [6.45, 7) is 0.755. The number of pyridine rings is 1. The van der Waals surface area contributed by atoms with Crippen LogP contribution in [0.1, 0.15) is 26.8 Å². The fraction of sp³-hybridized carbons (Fsp3) is 0.316. The van der Waals surface area contributed by atoms with Gasteiger partial charge in [-0.25, -0.2) is 15.0 Å². The molecule has 1 amide bonds. The van der Waals surface area contributed by atoms with Crippen molar-refractivity contribution in [3.05, 3.63) is 46.0 Å². The van der Waals surface area contributed by atoms with Crippen LogP contribution in [0.2, 0.25) is 0 Å². The maximum absolute atomic E-state index is 13.1. The van der Waals surface area contributed by atoms with Crippen LogP contribution in [0, 0.1) is 0 Å². The molecule has 4 heterocycles. The van der Waals surface area contributed by atoms with Gasteiger partial charge in [-0.15, -0.1) is 11.3 Å². The van der Waals surface area contributed by atoms with Gasteiger partial charge in [0.2, 0.25) is 5.82 Å². The average Bonchev–Trinajstić information content (AvgIpc) is 3.33. The number of carbonyl (C=O) groups is 2. The quantitative estimate of drug-likeness (QED) is 0.337. The van der Waals surface area contributed by atoms with E-state index in [-0.39, 0.29) is 28.1 Å². The van der Waals surface area contributed by atoms with Gasteiger partial charge in [0.25, 0.3) is 5.91 Å². The van der Waals surface area contributed by atoms with E-state index < -0.39 is 18.1 Å². The molecule has 0 radical (unpaired) electrons. The first-order valence-corrected chi connectivity index (χ1v) is 10.9. The van der Waals surface area contributed by atoms with Crippen molar-refractivity contribution in [1.82, 2.24) is 19.9 Å². The Bertz CT molecular complexity index is 1150. The number of thioether (sulfide) groups is 1. The third-order valence-electron chi connectivity index (χ3n) is 4.58. The number of nitrogens with zero attached hydrogens (tertiary/aromatic N) is 4. The summed E-state index contributed by atoms with van der Waals surface area (Å²) in [7, 11) is 0. The van der Waals surface area contributed by atoms with Crippen molar-refractivity contribution < 1.29 is 27.9 Å². The molecule has 7 nitrogen and oxygen atoms in total. The molecule has 3 aromatic heterocycles. The zero-order valence-corrected chi connectivity index (χ0v) is 17.4. The first-order chi connectivity index (χ1) is 14.7. The minimum Gasteiger partial charge on any atom is -0.383 e. The van der Waals surface area contributed by atoms with Gasteiger partial charge < -0.3 is 10.0 Å². The number of hydrogen-bond donors (Lipinski definition) is 1. The molecule has 0 unspecified atom stereocenters. The van der Waals surface area contributed by atoms with Gasteiger partial charge in [0.1, 0.15) is 11.1 Å². The first-order valence-electron chi connectivity index (χ1n) is 9.14. The molecular formula is C19H15F3N4O3S2. The molecule has 1 atom stereocenters. The van der Waals surface area contributed by atoms with Crippen LogP contribution in [0.25, 0.3) is 11.0 Å². The van der Waals surface area contributed by atoms with E-state index in [1.807, 2.05) is 0 Å². The molecule has 0 aliphatic carbocycles. The normalized spacial score (nSPS) is 17.0. The Morgan fingerprint density at radius 2 is 2.10 bits per heavy atom. The van der Waals surface area contributed by atoms with Crippen LogP contribution in [0.5, 0.6) is 0 Å². The number of aliphatic hydroxyl groups is 1. The zero-order valence-electron chi connectivity index (χ0n) is 15.8. The second-order valence-corrected chi connectivity index (χ2v) is 8.90. The summed E-state index contributed by atoms with van der Waals surface area (Å²) < 4.78 is 39.3. The Morgan fingerprint density at radius 1 is 1.29 bits per heavy atom. The molecule has 0 spiro atoms. The minimum absolute atomic E-state index is 0.0344. The number of alkyl halides is 3. The SMILES string of the molecule is O=C(CSc1nc(C(F)(F)F)nc2ncccc12)c1ccc(CN2CC[C@@H](O)C2=O)s1. The molecule has 1 aliphatic heterocycles. The lowest BCUT2D eigenvalue weighted by molar-refractivity contribution is -0.145. The van der Waals surface area contributed by atoms with E-state index in [0.29, 0.717) is 29.8 Å². The Morgan fingerprint density at radius 3 is 2.81 bits per heavy atom. The lowest BCUT2D eigenvalue weighted by Gasteiger charge is -2.13. The fourth-order valence-electron chi connectivity index (χ4n) is 3.06. The number of aliphatic hydroxyl groups excluding tert-OH is 1. The lowest BCUT2D eigenvalue weighted by atomic mass is 10.3. The van der Waals surface area contributed by atoms with Gasteiger partial charge in [-0.1, -0.05) is 11.8 Å². The van der Waals surface area contributed by atoms with Gasteiger partial charge >= 0.3 is 6.18 Å². The second kappa shape index (κ2) is 8.52. The van der Waals surface area contributed by atoms with E-state index in [1.165, 1.54) is 22.4 Å². The number of hydrogen-bond acceptors (Lipinski definition) is 8. The molecule has 0 aromatic carbocycles. The highest BCUT2D eigenvalue weighted by molar-refractivity contribution is 8.00. The van der Waals surface area contributed by atoms with Crippen molar-refractivity contribution in [3.8, 4) is 0 Å². The smallest absolute Gasteiger partial charge is 0.383 e. The van der Waals surface area contributed by atoms with E-state index in [0.717, 1.165) is 16.6 Å². The van der Waals surface area contributed by atoms with Crippen molar-refractivity contribution in [2.24, 2.45) is 0 Å². The van der Waals surface area contributed by atoms with Crippen LogP contribution < -0.4 is 0 Å². The summed E-state index contributed by atoms with van der Waals surface area (Å²) in [5.41, 5.74) is -0.0874. The fourth-order valence-corrected chi connectivity index (χ4v) is 5.00. The van der Waals surface area contributed by atoms with Crippen LogP contribution in [0.3, 0.4) is 0 Å². The molecule has 12 heteroatoms. The Labute approximate surface area is 182 Å². The monoisotopic (exact) mass is 468 g/mol. The summed E-state index contributed by atoms with van der Waals surface area (Å²) in [6.07, 6.45) is -3.98.